The maximum atomic E-state index is 12.0. The summed E-state index contributed by atoms with van der Waals surface area (Å²) in [6, 6.07) is 9.35. The van der Waals surface area contributed by atoms with Gasteiger partial charge in [-0.3, -0.25) is 9.59 Å². The Bertz CT molecular complexity index is 610. The molecule has 0 radical (unpaired) electrons. The van der Waals surface area contributed by atoms with Crippen molar-refractivity contribution in [3.8, 4) is 11.8 Å². The first-order chi connectivity index (χ1) is 11.8. The smallest absolute Gasteiger partial charge is 0.325 e. The maximum absolute atomic E-state index is 12.0. The Balaban J connectivity index is 2.66. The fraction of sp³-hybridized carbons (Fsp3) is 0.474. The van der Waals surface area contributed by atoms with E-state index in [1.165, 1.54) is 0 Å². The van der Waals surface area contributed by atoms with Gasteiger partial charge in [0.2, 0.25) is 5.91 Å². The van der Waals surface area contributed by atoms with Gasteiger partial charge in [0.15, 0.2) is 6.10 Å². The number of ether oxygens (including phenoxy) is 1. The largest absolute Gasteiger partial charge is 0.465 e. The molecule has 1 atom stereocenters. The fourth-order valence-corrected chi connectivity index (χ4v) is 1.62. The van der Waals surface area contributed by atoms with Crippen LogP contribution in [0.5, 0.6) is 0 Å². The molecule has 1 rings (SSSR count). The van der Waals surface area contributed by atoms with Crippen LogP contribution in [0, 0.1) is 11.8 Å². The molecular weight excluding hydrogens is 322 g/mol. The van der Waals surface area contributed by atoms with Crippen molar-refractivity contribution in [2.24, 2.45) is 0 Å². The molecule has 1 aromatic carbocycles. The normalized spacial score (nSPS) is 11.8. The highest BCUT2D eigenvalue weighted by molar-refractivity contribution is 5.82. The zero-order valence-corrected chi connectivity index (χ0v) is 15.1. The van der Waals surface area contributed by atoms with Crippen LogP contribution in [0.15, 0.2) is 30.3 Å². The topological polar surface area (TPSA) is 73.9 Å². The third-order valence-corrected chi connectivity index (χ3v) is 2.67. The Morgan fingerprint density at radius 3 is 2.48 bits per heavy atom. The minimum absolute atomic E-state index is 0.0602. The zero-order valence-electron chi connectivity index (χ0n) is 15.1. The monoisotopic (exact) mass is 347 g/mol. The second kappa shape index (κ2) is 10.5. The highest BCUT2D eigenvalue weighted by Gasteiger charge is 2.19. The number of nitrogens with one attached hydrogen (secondary N) is 1. The van der Waals surface area contributed by atoms with Crippen molar-refractivity contribution in [1.82, 2.24) is 5.32 Å². The van der Waals surface area contributed by atoms with Gasteiger partial charge in [-0.2, -0.15) is 0 Å². The van der Waals surface area contributed by atoms with Crippen molar-refractivity contribution in [2.75, 3.05) is 13.2 Å². The highest BCUT2D eigenvalue weighted by Crippen LogP contribution is 2.11. The van der Waals surface area contributed by atoms with Crippen LogP contribution in [0.4, 0.5) is 0 Å². The summed E-state index contributed by atoms with van der Waals surface area (Å²) in [6.07, 6.45) is -0.823. The summed E-state index contributed by atoms with van der Waals surface area (Å²) in [5, 5.41) is 2.48. The molecule has 0 bridgehead atoms. The Labute approximate surface area is 148 Å². The Morgan fingerprint density at radius 2 is 1.88 bits per heavy atom. The number of carbonyl (C=O) groups excluding carboxylic acids is 2. The number of benzene rings is 1. The van der Waals surface area contributed by atoms with Crippen LogP contribution in [0.3, 0.4) is 0 Å². The van der Waals surface area contributed by atoms with Crippen molar-refractivity contribution >= 4 is 11.9 Å². The van der Waals surface area contributed by atoms with Crippen LogP contribution in [0.1, 0.15) is 39.7 Å². The molecule has 0 aliphatic heterocycles. The van der Waals surface area contributed by atoms with E-state index in [2.05, 4.69) is 17.2 Å². The number of hydrogen-bond acceptors (Lipinski definition) is 5. The van der Waals surface area contributed by atoms with Gasteiger partial charge >= 0.3 is 5.97 Å². The van der Waals surface area contributed by atoms with Gasteiger partial charge in [-0.1, -0.05) is 30.0 Å². The molecule has 0 fully saturated rings. The van der Waals surface area contributed by atoms with Gasteiger partial charge in [0.05, 0.1) is 18.6 Å². The van der Waals surface area contributed by atoms with Crippen LogP contribution in [0.2, 0.25) is 0 Å². The number of amides is 1. The SMILES string of the molecule is CCOC(=O)CNC(=O)CC(C#Cc1ccccc1)OOC(C)(C)C. The lowest BCUT2D eigenvalue weighted by molar-refractivity contribution is -0.362. The standard InChI is InChI=1S/C19H25NO5/c1-5-23-18(22)14-20-17(21)13-16(24-25-19(2,3)4)12-11-15-9-7-6-8-10-15/h6-10,16H,5,13-14H2,1-4H3,(H,20,21). The molecule has 0 aliphatic carbocycles. The summed E-state index contributed by atoms with van der Waals surface area (Å²) >= 11 is 0. The molecular formula is C19H25NO5. The van der Waals surface area contributed by atoms with E-state index in [0.717, 1.165) is 5.56 Å². The van der Waals surface area contributed by atoms with E-state index in [-0.39, 0.29) is 25.5 Å². The lowest BCUT2D eigenvalue weighted by atomic mass is 10.2. The number of esters is 1. The van der Waals surface area contributed by atoms with Crippen LogP contribution >= 0.6 is 0 Å². The average molecular weight is 347 g/mol. The lowest BCUT2D eigenvalue weighted by Gasteiger charge is -2.20. The van der Waals surface area contributed by atoms with Gasteiger partial charge in [-0.15, -0.1) is 0 Å². The molecule has 0 aromatic heterocycles. The van der Waals surface area contributed by atoms with E-state index < -0.39 is 17.7 Å². The minimum Gasteiger partial charge on any atom is -0.465 e. The predicted octanol–water partition coefficient (Wildman–Crippen LogP) is 2.22. The van der Waals surface area contributed by atoms with Crippen LogP contribution in [0.25, 0.3) is 0 Å². The van der Waals surface area contributed by atoms with Crippen molar-refractivity contribution in [3.63, 3.8) is 0 Å². The molecule has 0 spiro atoms. The fourth-order valence-electron chi connectivity index (χ4n) is 1.62. The van der Waals surface area contributed by atoms with Crippen LogP contribution in [-0.2, 0) is 24.1 Å². The molecule has 1 aromatic rings. The molecule has 6 nitrogen and oxygen atoms in total. The molecule has 0 heterocycles. The summed E-state index contributed by atoms with van der Waals surface area (Å²) in [5.41, 5.74) is 0.271. The molecule has 0 saturated heterocycles. The van der Waals surface area contributed by atoms with Crippen molar-refractivity contribution in [2.45, 2.75) is 45.8 Å². The summed E-state index contributed by atoms with van der Waals surface area (Å²) in [5.74, 6) is 4.95. The first kappa shape index (κ1) is 20.7. The Morgan fingerprint density at radius 1 is 1.20 bits per heavy atom. The second-order valence-corrected chi connectivity index (χ2v) is 6.20. The number of carbonyl (C=O) groups is 2. The second-order valence-electron chi connectivity index (χ2n) is 6.20. The predicted molar refractivity (Wildman–Crippen MR) is 93.3 cm³/mol. The summed E-state index contributed by atoms with van der Waals surface area (Å²) in [7, 11) is 0. The van der Waals surface area contributed by atoms with E-state index in [0.29, 0.717) is 0 Å². The van der Waals surface area contributed by atoms with Crippen molar-refractivity contribution < 1.29 is 24.1 Å². The zero-order chi connectivity index (χ0) is 18.7. The molecule has 25 heavy (non-hydrogen) atoms. The third-order valence-electron chi connectivity index (χ3n) is 2.67. The average Bonchev–Trinajstić information content (AvgIpc) is 2.56. The van der Waals surface area contributed by atoms with E-state index in [4.69, 9.17) is 14.5 Å². The van der Waals surface area contributed by atoms with Gasteiger partial charge in [0.25, 0.3) is 0 Å². The van der Waals surface area contributed by atoms with Gasteiger partial charge in [-0.05, 0) is 39.8 Å². The van der Waals surface area contributed by atoms with E-state index in [1.54, 1.807) is 6.92 Å². The van der Waals surface area contributed by atoms with Gasteiger partial charge in [0.1, 0.15) is 6.54 Å². The van der Waals surface area contributed by atoms with E-state index in [9.17, 15) is 9.59 Å². The first-order valence-electron chi connectivity index (χ1n) is 8.13. The highest BCUT2D eigenvalue weighted by atomic mass is 17.2. The van der Waals surface area contributed by atoms with Crippen molar-refractivity contribution in [3.05, 3.63) is 35.9 Å². The summed E-state index contributed by atoms with van der Waals surface area (Å²) in [4.78, 5) is 33.8. The van der Waals surface area contributed by atoms with Gasteiger partial charge in [0, 0.05) is 5.56 Å². The Kier molecular flexibility index (Phi) is 8.68. The first-order valence-corrected chi connectivity index (χ1v) is 8.13. The lowest BCUT2D eigenvalue weighted by Crippen LogP contribution is -2.34. The third kappa shape index (κ3) is 10.2. The molecule has 1 amide bonds. The number of hydrogen-bond donors (Lipinski definition) is 1. The van der Waals surface area contributed by atoms with Gasteiger partial charge < -0.3 is 10.1 Å². The molecule has 0 saturated carbocycles. The van der Waals surface area contributed by atoms with Gasteiger partial charge in [-0.25, -0.2) is 9.78 Å². The van der Waals surface area contributed by atoms with Crippen LogP contribution < -0.4 is 5.32 Å². The maximum Gasteiger partial charge on any atom is 0.325 e. The van der Waals surface area contributed by atoms with E-state index >= 15 is 0 Å². The summed E-state index contributed by atoms with van der Waals surface area (Å²) < 4.78 is 4.76. The molecule has 1 unspecified atom stereocenters. The molecule has 1 N–H and O–H groups in total. The number of rotatable bonds is 7. The quantitative estimate of drug-likeness (QED) is 0.354. The minimum atomic E-state index is -0.762. The summed E-state index contributed by atoms with van der Waals surface area (Å²) in [6.45, 7) is 7.27. The molecule has 136 valence electrons. The van der Waals surface area contributed by atoms with E-state index in [1.807, 2.05) is 51.1 Å². The van der Waals surface area contributed by atoms with Crippen LogP contribution in [-0.4, -0.2) is 36.7 Å². The van der Waals surface area contributed by atoms with Crippen molar-refractivity contribution in [1.29, 1.82) is 0 Å². The molecule has 0 aliphatic rings. The Hall–Kier alpha value is -2.36. The molecule has 6 heteroatoms.